The second-order valence-corrected chi connectivity index (χ2v) is 6.96. The monoisotopic (exact) mass is 335 g/mol. The Labute approximate surface area is 139 Å². The van der Waals surface area contributed by atoms with Gasteiger partial charge in [0, 0.05) is 16.7 Å². The third-order valence-electron chi connectivity index (χ3n) is 3.02. The van der Waals surface area contributed by atoms with Crippen molar-refractivity contribution in [3.05, 3.63) is 29.3 Å². The molecule has 7 heteroatoms. The molecule has 0 spiro atoms. The number of nitrogens with zero attached hydrogens (tertiary/aromatic N) is 3. The highest BCUT2D eigenvalue weighted by Gasteiger charge is 2.09. The SMILES string of the molecule is CSc1nc(N)nc(NC(C)CSc2cc(C)ccc2C)n1. The second kappa shape index (κ2) is 7.69. The van der Waals surface area contributed by atoms with Gasteiger partial charge in [-0.1, -0.05) is 29.5 Å². The highest BCUT2D eigenvalue weighted by atomic mass is 32.2. The Bertz CT molecular complexity index is 648. The summed E-state index contributed by atoms with van der Waals surface area (Å²) in [6.45, 7) is 6.36. The molecule has 0 radical (unpaired) electrons. The number of benzene rings is 1. The lowest BCUT2D eigenvalue weighted by atomic mass is 10.2. The maximum atomic E-state index is 5.69. The Hall–Kier alpha value is -1.47. The highest BCUT2D eigenvalue weighted by molar-refractivity contribution is 7.99. The van der Waals surface area contributed by atoms with E-state index in [0.717, 1.165) is 5.75 Å². The first-order valence-corrected chi connectivity index (χ1v) is 9.21. The van der Waals surface area contributed by atoms with E-state index in [0.29, 0.717) is 11.1 Å². The van der Waals surface area contributed by atoms with Crippen molar-refractivity contribution in [3.8, 4) is 0 Å². The van der Waals surface area contributed by atoms with Crippen LogP contribution in [0.1, 0.15) is 18.1 Å². The van der Waals surface area contributed by atoms with Gasteiger partial charge >= 0.3 is 0 Å². The van der Waals surface area contributed by atoms with Crippen LogP contribution in [-0.4, -0.2) is 33.0 Å². The molecule has 2 aromatic rings. The zero-order valence-electron chi connectivity index (χ0n) is 13.3. The number of aryl methyl sites for hydroxylation is 2. The van der Waals surface area contributed by atoms with Gasteiger partial charge in [-0.3, -0.25) is 0 Å². The van der Waals surface area contributed by atoms with E-state index in [1.807, 2.05) is 18.0 Å². The van der Waals surface area contributed by atoms with E-state index in [2.05, 4.69) is 59.2 Å². The maximum Gasteiger partial charge on any atom is 0.228 e. The van der Waals surface area contributed by atoms with Crippen molar-refractivity contribution in [3.63, 3.8) is 0 Å². The Morgan fingerprint density at radius 3 is 2.73 bits per heavy atom. The van der Waals surface area contributed by atoms with Gasteiger partial charge in [0.25, 0.3) is 0 Å². The molecule has 1 heterocycles. The van der Waals surface area contributed by atoms with Gasteiger partial charge in [0.05, 0.1) is 0 Å². The number of nitrogens with one attached hydrogen (secondary N) is 1. The van der Waals surface area contributed by atoms with Crippen LogP contribution in [0, 0.1) is 13.8 Å². The lowest BCUT2D eigenvalue weighted by Gasteiger charge is -2.15. The molecule has 0 saturated heterocycles. The minimum absolute atomic E-state index is 0.224. The van der Waals surface area contributed by atoms with Crippen LogP contribution in [0.4, 0.5) is 11.9 Å². The summed E-state index contributed by atoms with van der Waals surface area (Å²) < 4.78 is 0. The average Bonchev–Trinajstić information content (AvgIpc) is 2.47. The summed E-state index contributed by atoms with van der Waals surface area (Å²) in [5, 5.41) is 3.91. The quantitative estimate of drug-likeness (QED) is 0.784. The van der Waals surface area contributed by atoms with Crippen molar-refractivity contribution in [2.45, 2.75) is 36.9 Å². The summed E-state index contributed by atoms with van der Waals surface area (Å²) >= 11 is 3.28. The molecule has 0 saturated carbocycles. The van der Waals surface area contributed by atoms with Gasteiger partial charge in [-0.2, -0.15) is 15.0 Å². The van der Waals surface area contributed by atoms with Crippen molar-refractivity contribution in [2.75, 3.05) is 23.1 Å². The molecule has 0 aliphatic rings. The molecule has 0 aliphatic carbocycles. The molecule has 2 rings (SSSR count). The molecule has 1 unspecified atom stereocenters. The predicted molar refractivity (Wildman–Crippen MR) is 95.7 cm³/mol. The van der Waals surface area contributed by atoms with E-state index >= 15 is 0 Å². The predicted octanol–water partition coefficient (Wildman–Crippen LogP) is 3.39. The van der Waals surface area contributed by atoms with E-state index in [4.69, 9.17) is 5.73 Å². The summed E-state index contributed by atoms with van der Waals surface area (Å²) in [6, 6.07) is 6.74. The van der Waals surface area contributed by atoms with E-state index < -0.39 is 0 Å². The zero-order valence-corrected chi connectivity index (χ0v) is 14.9. The minimum atomic E-state index is 0.224. The summed E-state index contributed by atoms with van der Waals surface area (Å²) in [6.07, 6.45) is 1.92. The first-order valence-electron chi connectivity index (χ1n) is 7.00. The summed E-state index contributed by atoms with van der Waals surface area (Å²) in [5.74, 6) is 1.70. The Kier molecular flexibility index (Phi) is 5.90. The molecule has 5 nitrogen and oxygen atoms in total. The average molecular weight is 336 g/mol. The number of hydrogen-bond donors (Lipinski definition) is 2. The number of thioether (sulfide) groups is 2. The van der Waals surface area contributed by atoms with Crippen LogP contribution in [0.3, 0.4) is 0 Å². The van der Waals surface area contributed by atoms with Gasteiger partial charge in [-0.15, -0.1) is 11.8 Å². The molecule has 0 bridgehead atoms. The van der Waals surface area contributed by atoms with Crippen LogP contribution in [0.5, 0.6) is 0 Å². The van der Waals surface area contributed by atoms with Crippen LogP contribution < -0.4 is 11.1 Å². The van der Waals surface area contributed by atoms with E-state index in [1.54, 1.807) is 0 Å². The van der Waals surface area contributed by atoms with Crippen molar-refractivity contribution in [1.82, 2.24) is 15.0 Å². The number of rotatable bonds is 6. The van der Waals surface area contributed by atoms with Crippen LogP contribution >= 0.6 is 23.5 Å². The normalized spacial score (nSPS) is 12.2. The summed E-state index contributed by atoms with van der Waals surface area (Å²) in [7, 11) is 0. The molecule has 0 fully saturated rings. The van der Waals surface area contributed by atoms with Crippen molar-refractivity contribution >= 4 is 35.4 Å². The molecular weight excluding hydrogens is 314 g/mol. The number of anilines is 2. The number of nitrogen functional groups attached to an aromatic ring is 1. The third kappa shape index (κ3) is 4.78. The Morgan fingerprint density at radius 2 is 2.00 bits per heavy atom. The molecule has 1 atom stereocenters. The number of nitrogens with two attached hydrogens (primary N) is 1. The third-order valence-corrected chi connectivity index (χ3v) is 4.99. The molecule has 1 aromatic heterocycles. The van der Waals surface area contributed by atoms with Gasteiger partial charge in [0.1, 0.15) is 0 Å². The largest absolute Gasteiger partial charge is 0.368 e. The lowest BCUT2D eigenvalue weighted by Crippen LogP contribution is -2.20. The topological polar surface area (TPSA) is 76.7 Å². The molecule has 118 valence electrons. The maximum absolute atomic E-state index is 5.69. The molecule has 0 aliphatic heterocycles. The fourth-order valence-corrected chi connectivity index (χ4v) is 3.31. The van der Waals surface area contributed by atoms with Gasteiger partial charge in [0.15, 0.2) is 5.16 Å². The molecule has 3 N–H and O–H groups in total. The van der Waals surface area contributed by atoms with Crippen LogP contribution in [-0.2, 0) is 0 Å². The van der Waals surface area contributed by atoms with Crippen LogP contribution in [0.25, 0.3) is 0 Å². The first-order chi connectivity index (χ1) is 10.5. The highest BCUT2D eigenvalue weighted by Crippen LogP contribution is 2.24. The second-order valence-electron chi connectivity index (χ2n) is 5.13. The lowest BCUT2D eigenvalue weighted by molar-refractivity contribution is 0.848. The minimum Gasteiger partial charge on any atom is -0.368 e. The number of hydrogen-bond acceptors (Lipinski definition) is 7. The molecule has 0 amide bonds. The van der Waals surface area contributed by atoms with E-state index in [1.165, 1.54) is 27.8 Å². The Morgan fingerprint density at radius 1 is 1.23 bits per heavy atom. The van der Waals surface area contributed by atoms with E-state index in [9.17, 15) is 0 Å². The standard InChI is InChI=1S/C15H21N5S2/c1-9-5-6-10(2)12(7-9)22-8-11(3)17-14-18-13(16)19-15(20-14)21-4/h5-7,11H,8H2,1-4H3,(H3,16,17,18,19,20). The Balaban J connectivity index is 1.97. The van der Waals surface area contributed by atoms with Crippen molar-refractivity contribution in [2.24, 2.45) is 0 Å². The first kappa shape index (κ1) is 16.9. The van der Waals surface area contributed by atoms with Gasteiger partial charge in [-0.25, -0.2) is 0 Å². The van der Waals surface area contributed by atoms with E-state index in [-0.39, 0.29) is 12.0 Å². The van der Waals surface area contributed by atoms with Gasteiger partial charge < -0.3 is 11.1 Å². The summed E-state index contributed by atoms with van der Waals surface area (Å²) in [5.41, 5.74) is 8.28. The smallest absolute Gasteiger partial charge is 0.228 e. The van der Waals surface area contributed by atoms with Crippen LogP contribution in [0.2, 0.25) is 0 Å². The fourth-order valence-electron chi connectivity index (χ4n) is 1.87. The molecular formula is C15H21N5S2. The number of aromatic nitrogens is 3. The summed E-state index contributed by atoms with van der Waals surface area (Å²) in [4.78, 5) is 13.8. The fraction of sp³-hybridized carbons (Fsp3) is 0.400. The molecule has 22 heavy (non-hydrogen) atoms. The zero-order chi connectivity index (χ0) is 16.1. The van der Waals surface area contributed by atoms with Gasteiger partial charge in [0.2, 0.25) is 11.9 Å². The molecule has 1 aromatic carbocycles. The van der Waals surface area contributed by atoms with Crippen LogP contribution in [0.15, 0.2) is 28.3 Å². The van der Waals surface area contributed by atoms with Crippen molar-refractivity contribution in [1.29, 1.82) is 0 Å². The van der Waals surface area contributed by atoms with Gasteiger partial charge in [-0.05, 0) is 38.7 Å². The van der Waals surface area contributed by atoms with Crippen molar-refractivity contribution < 1.29 is 0 Å².